The van der Waals surface area contributed by atoms with Crippen LogP contribution in [-0.4, -0.2) is 13.7 Å². The number of hydrogen-bond acceptors (Lipinski definition) is 3. The molecule has 0 aromatic heterocycles. The third kappa shape index (κ3) is 3.99. The molecule has 0 heterocycles. The van der Waals surface area contributed by atoms with Gasteiger partial charge in [-0.2, -0.15) is 0 Å². The lowest BCUT2D eigenvalue weighted by Crippen LogP contribution is -2.19. The van der Waals surface area contributed by atoms with Crippen LogP contribution in [0.15, 0.2) is 48.5 Å². The molecule has 2 N–H and O–H groups in total. The summed E-state index contributed by atoms with van der Waals surface area (Å²) in [6.07, 6.45) is 0. The molecule has 0 saturated heterocycles. The standard InChI is InChI=1S/C18H23NO2/c1-13(2)14-8-10-15(11-9-14)16(19)12-21-18-7-5-4-6-17(18)20-3/h4-11,13,16H,12,19H2,1-3H3. The Morgan fingerprint density at radius 3 is 2.05 bits per heavy atom. The van der Waals surface area contributed by atoms with Crippen LogP contribution in [0.4, 0.5) is 0 Å². The zero-order valence-corrected chi connectivity index (χ0v) is 12.9. The summed E-state index contributed by atoms with van der Waals surface area (Å²) >= 11 is 0. The molecule has 0 amide bonds. The van der Waals surface area contributed by atoms with Crippen LogP contribution < -0.4 is 15.2 Å². The van der Waals surface area contributed by atoms with Crippen molar-refractivity contribution < 1.29 is 9.47 Å². The third-order valence-electron chi connectivity index (χ3n) is 3.52. The lowest BCUT2D eigenvalue weighted by Gasteiger charge is -2.16. The molecular formula is C18H23NO2. The van der Waals surface area contributed by atoms with E-state index in [-0.39, 0.29) is 6.04 Å². The zero-order valence-electron chi connectivity index (χ0n) is 12.9. The summed E-state index contributed by atoms with van der Waals surface area (Å²) in [5, 5.41) is 0. The quantitative estimate of drug-likeness (QED) is 0.875. The molecule has 2 rings (SSSR count). The first kappa shape index (κ1) is 15.4. The second kappa shape index (κ2) is 7.14. The first-order chi connectivity index (χ1) is 10.1. The number of methoxy groups -OCH3 is 1. The van der Waals surface area contributed by atoms with E-state index in [4.69, 9.17) is 15.2 Å². The maximum Gasteiger partial charge on any atom is 0.161 e. The molecule has 3 nitrogen and oxygen atoms in total. The van der Waals surface area contributed by atoms with Gasteiger partial charge in [-0.15, -0.1) is 0 Å². The maximum atomic E-state index is 6.19. The topological polar surface area (TPSA) is 44.5 Å². The van der Waals surface area contributed by atoms with Crippen molar-refractivity contribution in [2.75, 3.05) is 13.7 Å². The molecule has 1 atom stereocenters. The van der Waals surface area contributed by atoms with Gasteiger partial charge in [0.1, 0.15) is 6.61 Å². The molecule has 0 aliphatic carbocycles. The van der Waals surface area contributed by atoms with E-state index in [0.29, 0.717) is 18.3 Å². The van der Waals surface area contributed by atoms with E-state index >= 15 is 0 Å². The molecule has 112 valence electrons. The highest BCUT2D eigenvalue weighted by molar-refractivity contribution is 5.39. The Labute approximate surface area is 126 Å². The van der Waals surface area contributed by atoms with E-state index in [1.165, 1.54) is 5.56 Å². The van der Waals surface area contributed by atoms with Crippen molar-refractivity contribution in [2.24, 2.45) is 5.73 Å². The van der Waals surface area contributed by atoms with Gasteiger partial charge in [0.05, 0.1) is 13.2 Å². The Balaban J connectivity index is 1.99. The zero-order chi connectivity index (χ0) is 15.2. The monoisotopic (exact) mass is 285 g/mol. The summed E-state index contributed by atoms with van der Waals surface area (Å²) in [5.41, 5.74) is 8.59. The van der Waals surface area contributed by atoms with Gasteiger partial charge in [0, 0.05) is 0 Å². The van der Waals surface area contributed by atoms with Crippen LogP contribution in [0.3, 0.4) is 0 Å². The number of nitrogens with two attached hydrogens (primary N) is 1. The molecule has 0 aliphatic rings. The maximum absolute atomic E-state index is 6.19. The summed E-state index contributed by atoms with van der Waals surface area (Å²) in [7, 11) is 1.63. The van der Waals surface area contributed by atoms with Crippen LogP contribution in [-0.2, 0) is 0 Å². The van der Waals surface area contributed by atoms with E-state index < -0.39 is 0 Å². The SMILES string of the molecule is COc1ccccc1OCC(N)c1ccc(C(C)C)cc1. The highest BCUT2D eigenvalue weighted by Gasteiger charge is 2.10. The molecule has 3 heteroatoms. The summed E-state index contributed by atoms with van der Waals surface area (Å²) in [4.78, 5) is 0. The smallest absolute Gasteiger partial charge is 0.161 e. The van der Waals surface area contributed by atoms with Crippen molar-refractivity contribution in [1.29, 1.82) is 0 Å². The van der Waals surface area contributed by atoms with Crippen LogP contribution in [0.2, 0.25) is 0 Å². The summed E-state index contributed by atoms with van der Waals surface area (Å²) in [6.45, 7) is 4.78. The second-order valence-electron chi connectivity index (χ2n) is 5.39. The number of hydrogen-bond donors (Lipinski definition) is 1. The number of para-hydroxylation sites is 2. The Kier molecular flexibility index (Phi) is 5.23. The second-order valence-corrected chi connectivity index (χ2v) is 5.39. The molecule has 0 bridgehead atoms. The Hall–Kier alpha value is -2.00. The molecule has 0 saturated carbocycles. The molecule has 21 heavy (non-hydrogen) atoms. The lowest BCUT2D eigenvalue weighted by atomic mass is 10.00. The first-order valence-electron chi connectivity index (χ1n) is 7.23. The average molecular weight is 285 g/mol. The largest absolute Gasteiger partial charge is 0.493 e. The van der Waals surface area contributed by atoms with Crippen LogP contribution in [0, 0.1) is 0 Å². The van der Waals surface area contributed by atoms with Gasteiger partial charge in [-0.1, -0.05) is 50.2 Å². The van der Waals surface area contributed by atoms with Crippen molar-refractivity contribution >= 4 is 0 Å². The van der Waals surface area contributed by atoms with Gasteiger partial charge in [0.2, 0.25) is 0 Å². The van der Waals surface area contributed by atoms with Gasteiger partial charge in [-0.3, -0.25) is 0 Å². The van der Waals surface area contributed by atoms with Crippen LogP contribution in [0.5, 0.6) is 11.5 Å². The first-order valence-corrected chi connectivity index (χ1v) is 7.23. The van der Waals surface area contributed by atoms with Gasteiger partial charge < -0.3 is 15.2 Å². The Morgan fingerprint density at radius 1 is 0.905 bits per heavy atom. The average Bonchev–Trinajstić information content (AvgIpc) is 2.52. The normalized spacial score (nSPS) is 12.2. The third-order valence-corrected chi connectivity index (χ3v) is 3.52. The van der Waals surface area contributed by atoms with Crippen molar-refractivity contribution in [1.82, 2.24) is 0 Å². The predicted molar refractivity (Wildman–Crippen MR) is 85.9 cm³/mol. The Bertz CT molecular complexity index is 564. The molecule has 1 unspecified atom stereocenters. The van der Waals surface area contributed by atoms with Gasteiger partial charge >= 0.3 is 0 Å². The minimum Gasteiger partial charge on any atom is -0.493 e. The van der Waals surface area contributed by atoms with Crippen molar-refractivity contribution in [3.8, 4) is 11.5 Å². The van der Waals surface area contributed by atoms with Crippen LogP contribution in [0.25, 0.3) is 0 Å². The van der Waals surface area contributed by atoms with Gasteiger partial charge in [-0.25, -0.2) is 0 Å². The molecule has 0 fully saturated rings. The highest BCUT2D eigenvalue weighted by Crippen LogP contribution is 2.27. The molecule has 0 spiro atoms. The summed E-state index contributed by atoms with van der Waals surface area (Å²) < 4.78 is 11.0. The predicted octanol–water partition coefficient (Wildman–Crippen LogP) is 3.90. The minimum absolute atomic E-state index is 0.156. The van der Waals surface area contributed by atoms with E-state index in [2.05, 4.69) is 38.1 Å². The van der Waals surface area contributed by atoms with E-state index in [1.54, 1.807) is 7.11 Å². The fourth-order valence-corrected chi connectivity index (χ4v) is 2.14. The lowest BCUT2D eigenvalue weighted by molar-refractivity contribution is 0.273. The molecule has 0 radical (unpaired) electrons. The number of benzene rings is 2. The van der Waals surface area contributed by atoms with E-state index in [1.807, 2.05) is 24.3 Å². The number of ether oxygens (including phenoxy) is 2. The fourth-order valence-electron chi connectivity index (χ4n) is 2.14. The molecule has 2 aromatic rings. The van der Waals surface area contributed by atoms with Gasteiger partial charge in [0.25, 0.3) is 0 Å². The van der Waals surface area contributed by atoms with Gasteiger partial charge in [0.15, 0.2) is 11.5 Å². The molecular weight excluding hydrogens is 262 g/mol. The summed E-state index contributed by atoms with van der Waals surface area (Å²) in [6, 6.07) is 15.8. The van der Waals surface area contributed by atoms with Crippen molar-refractivity contribution in [3.05, 3.63) is 59.7 Å². The van der Waals surface area contributed by atoms with Crippen LogP contribution in [0.1, 0.15) is 36.9 Å². The van der Waals surface area contributed by atoms with E-state index in [0.717, 1.165) is 11.3 Å². The van der Waals surface area contributed by atoms with E-state index in [9.17, 15) is 0 Å². The van der Waals surface area contributed by atoms with Crippen molar-refractivity contribution in [2.45, 2.75) is 25.8 Å². The Morgan fingerprint density at radius 2 is 1.48 bits per heavy atom. The van der Waals surface area contributed by atoms with Gasteiger partial charge in [-0.05, 0) is 29.2 Å². The summed E-state index contributed by atoms with van der Waals surface area (Å²) in [5.74, 6) is 1.97. The fraction of sp³-hybridized carbons (Fsp3) is 0.333. The highest BCUT2D eigenvalue weighted by atomic mass is 16.5. The van der Waals surface area contributed by atoms with Crippen LogP contribution >= 0.6 is 0 Å². The molecule has 0 aliphatic heterocycles. The molecule has 2 aromatic carbocycles. The number of rotatable bonds is 6. The van der Waals surface area contributed by atoms with Crippen molar-refractivity contribution in [3.63, 3.8) is 0 Å². The minimum atomic E-state index is -0.156.